The Labute approximate surface area is 215 Å². The number of nitrogens with one attached hydrogen (secondary N) is 3. The molecule has 0 bridgehead atoms. The Balaban J connectivity index is 0.00000156. The minimum atomic E-state index is -0.205. The molecule has 0 saturated carbocycles. The van der Waals surface area contributed by atoms with Crippen molar-refractivity contribution in [2.45, 2.75) is 13.8 Å². The van der Waals surface area contributed by atoms with Crippen LogP contribution in [0, 0.1) is 11.3 Å². The van der Waals surface area contributed by atoms with Gasteiger partial charge < -0.3 is 16.0 Å². The molecule has 182 valence electrons. The summed E-state index contributed by atoms with van der Waals surface area (Å²) in [6.07, 6.45) is 4.96. The van der Waals surface area contributed by atoms with E-state index < -0.39 is 0 Å². The third kappa shape index (κ3) is 6.24. The number of hydrogen-bond donors (Lipinski definition) is 3. The molecule has 5 aromatic rings. The number of nitriles is 1. The third-order valence-corrected chi connectivity index (χ3v) is 5.31. The summed E-state index contributed by atoms with van der Waals surface area (Å²) in [5, 5.41) is 27.1. The maximum atomic E-state index is 12.7. The number of aromatic nitrogens is 3. The topological polar surface area (TPSA) is 116 Å². The summed E-state index contributed by atoms with van der Waals surface area (Å²) in [4.78, 5) is 17.1. The largest absolute Gasteiger partial charge is 0.355 e. The molecule has 0 spiro atoms. The first-order valence-electron chi connectivity index (χ1n) is 11.8. The number of rotatable bonds is 6. The van der Waals surface area contributed by atoms with Crippen LogP contribution in [-0.4, -0.2) is 21.1 Å². The number of anilines is 5. The fourth-order valence-electron chi connectivity index (χ4n) is 3.56. The van der Waals surface area contributed by atoms with Gasteiger partial charge in [0.1, 0.15) is 0 Å². The van der Waals surface area contributed by atoms with Gasteiger partial charge in [0.25, 0.3) is 5.91 Å². The van der Waals surface area contributed by atoms with Crippen LogP contribution in [0.3, 0.4) is 0 Å². The molecule has 0 aliphatic rings. The molecule has 0 unspecified atom stereocenters. The van der Waals surface area contributed by atoms with Crippen LogP contribution in [0.25, 0.3) is 10.9 Å². The number of carbonyl (C=O) groups excluding carboxylic acids is 1. The van der Waals surface area contributed by atoms with Gasteiger partial charge >= 0.3 is 0 Å². The molecule has 2 aromatic heterocycles. The first kappa shape index (κ1) is 24.8. The summed E-state index contributed by atoms with van der Waals surface area (Å²) in [7, 11) is 0. The number of pyridine rings is 1. The molecule has 8 nitrogen and oxygen atoms in total. The number of benzene rings is 3. The van der Waals surface area contributed by atoms with Crippen LogP contribution in [0.4, 0.5) is 28.4 Å². The molecule has 8 heteroatoms. The molecule has 0 atom stereocenters. The van der Waals surface area contributed by atoms with Gasteiger partial charge in [0, 0.05) is 39.9 Å². The van der Waals surface area contributed by atoms with E-state index >= 15 is 0 Å². The van der Waals surface area contributed by atoms with Gasteiger partial charge in [-0.2, -0.15) is 15.5 Å². The zero-order valence-corrected chi connectivity index (χ0v) is 20.4. The van der Waals surface area contributed by atoms with Crippen molar-refractivity contribution in [2.24, 2.45) is 0 Å². The van der Waals surface area contributed by atoms with Gasteiger partial charge in [-0.05, 0) is 78.9 Å². The van der Waals surface area contributed by atoms with Crippen molar-refractivity contribution < 1.29 is 4.79 Å². The van der Waals surface area contributed by atoms with Gasteiger partial charge in [-0.1, -0.05) is 13.8 Å². The fraction of sp³-hybridized carbons (Fsp3) is 0.0690. The molecule has 2 heterocycles. The Morgan fingerprint density at radius 1 is 0.757 bits per heavy atom. The third-order valence-electron chi connectivity index (χ3n) is 5.31. The van der Waals surface area contributed by atoms with Crippen LogP contribution in [0.15, 0.2) is 97.5 Å². The molecule has 0 saturated heterocycles. The van der Waals surface area contributed by atoms with Crippen molar-refractivity contribution in [1.82, 2.24) is 15.2 Å². The maximum absolute atomic E-state index is 12.7. The van der Waals surface area contributed by atoms with Gasteiger partial charge in [-0.3, -0.25) is 9.78 Å². The molecule has 3 aromatic carbocycles. The second kappa shape index (κ2) is 11.9. The van der Waals surface area contributed by atoms with Crippen molar-refractivity contribution in [1.29, 1.82) is 5.26 Å². The van der Waals surface area contributed by atoms with Gasteiger partial charge in [0.05, 0.1) is 35.2 Å². The summed E-state index contributed by atoms with van der Waals surface area (Å²) in [6.45, 7) is 4.00. The van der Waals surface area contributed by atoms with Gasteiger partial charge in [-0.15, -0.1) is 0 Å². The lowest BCUT2D eigenvalue weighted by molar-refractivity contribution is 0.102. The van der Waals surface area contributed by atoms with Crippen LogP contribution in [0.1, 0.15) is 29.8 Å². The van der Waals surface area contributed by atoms with Crippen molar-refractivity contribution in [3.05, 3.63) is 109 Å². The second-order valence-electron chi connectivity index (χ2n) is 7.69. The summed E-state index contributed by atoms with van der Waals surface area (Å²) in [5.41, 5.74) is 5.94. The average Bonchev–Trinajstić information content (AvgIpc) is 2.96. The molecular weight excluding hydrogens is 462 g/mol. The maximum Gasteiger partial charge on any atom is 0.255 e. The summed E-state index contributed by atoms with van der Waals surface area (Å²) < 4.78 is 0. The Kier molecular flexibility index (Phi) is 7.99. The highest BCUT2D eigenvalue weighted by Crippen LogP contribution is 2.26. The number of amides is 1. The van der Waals surface area contributed by atoms with E-state index in [-0.39, 0.29) is 5.91 Å². The standard InChI is InChI=1S/C27H19N7O.C2H6/c28-16-18-1-10-25-24(15-18)26(12-13-29-25)33-21-4-2-19(3-5-21)27(35)34-22-8-6-20(7-9-22)32-23-11-14-30-31-17-23;1-2/h1-15,17H,(H,29,33)(H,30,32)(H,34,35);1-2H3. The highest BCUT2D eigenvalue weighted by Gasteiger charge is 2.08. The molecule has 0 radical (unpaired) electrons. The first-order chi connectivity index (χ1) is 18.2. The van der Waals surface area contributed by atoms with E-state index in [4.69, 9.17) is 0 Å². The van der Waals surface area contributed by atoms with Crippen LogP contribution in [0.2, 0.25) is 0 Å². The van der Waals surface area contributed by atoms with E-state index in [2.05, 4.69) is 37.2 Å². The molecule has 5 rings (SSSR count). The summed E-state index contributed by atoms with van der Waals surface area (Å²) in [5.74, 6) is -0.205. The number of nitrogens with zero attached hydrogens (tertiary/aromatic N) is 4. The number of fused-ring (bicyclic) bond motifs is 1. The predicted molar refractivity (Wildman–Crippen MR) is 147 cm³/mol. The average molecular weight is 488 g/mol. The normalized spacial score (nSPS) is 9.97. The van der Waals surface area contributed by atoms with E-state index in [0.717, 1.165) is 33.7 Å². The zero-order chi connectivity index (χ0) is 26.0. The van der Waals surface area contributed by atoms with E-state index in [9.17, 15) is 10.1 Å². The fourth-order valence-corrected chi connectivity index (χ4v) is 3.56. The molecule has 37 heavy (non-hydrogen) atoms. The highest BCUT2D eigenvalue weighted by atomic mass is 16.1. The Morgan fingerprint density at radius 3 is 2.16 bits per heavy atom. The van der Waals surface area contributed by atoms with Gasteiger partial charge in [0.2, 0.25) is 0 Å². The zero-order valence-electron chi connectivity index (χ0n) is 20.4. The lowest BCUT2D eigenvalue weighted by atomic mass is 10.1. The minimum absolute atomic E-state index is 0.205. The molecular formula is C29H25N7O. The Bertz CT molecular complexity index is 1530. The number of carbonyl (C=O) groups is 1. The Hall–Kier alpha value is -5.29. The summed E-state index contributed by atoms with van der Waals surface area (Å²) in [6, 6.07) is 25.8. The first-order valence-corrected chi connectivity index (χ1v) is 11.8. The van der Waals surface area contributed by atoms with Crippen molar-refractivity contribution in [3.63, 3.8) is 0 Å². The summed E-state index contributed by atoms with van der Waals surface area (Å²) >= 11 is 0. The quantitative estimate of drug-likeness (QED) is 0.245. The smallest absolute Gasteiger partial charge is 0.255 e. The molecule has 3 N–H and O–H groups in total. The van der Waals surface area contributed by atoms with Crippen LogP contribution in [0.5, 0.6) is 0 Å². The number of hydrogen-bond acceptors (Lipinski definition) is 7. The molecule has 1 amide bonds. The molecule has 0 fully saturated rings. The SMILES string of the molecule is CC.N#Cc1ccc2nccc(Nc3ccc(C(=O)Nc4ccc(Nc5ccnnc5)cc4)cc3)c2c1. The monoisotopic (exact) mass is 487 g/mol. The van der Waals surface area contributed by atoms with Crippen molar-refractivity contribution in [2.75, 3.05) is 16.0 Å². The Morgan fingerprint density at radius 2 is 1.46 bits per heavy atom. The van der Waals surface area contributed by atoms with Crippen LogP contribution >= 0.6 is 0 Å². The second-order valence-corrected chi connectivity index (χ2v) is 7.69. The van der Waals surface area contributed by atoms with E-state index in [1.54, 1.807) is 42.9 Å². The predicted octanol–water partition coefficient (Wildman–Crippen LogP) is 6.66. The van der Waals surface area contributed by atoms with E-state index in [0.29, 0.717) is 16.8 Å². The molecule has 0 aliphatic carbocycles. The van der Waals surface area contributed by atoms with E-state index in [1.807, 2.05) is 68.4 Å². The van der Waals surface area contributed by atoms with Gasteiger partial charge in [-0.25, -0.2) is 0 Å². The highest BCUT2D eigenvalue weighted by molar-refractivity contribution is 6.04. The lowest BCUT2D eigenvalue weighted by Gasteiger charge is -2.11. The van der Waals surface area contributed by atoms with Crippen LogP contribution in [-0.2, 0) is 0 Å². The minimum Gasteiger partial charge on any atom is -0.355 e. The van der Waals surface area contributed by atoms with Gasteiger partial charge in [0.15, 0.2) is 0 Å². The lowest BCUT2D eigenvalue weighted by Crippen LogP contribution is -2.11. The van der Waals surface area contributed by atoms with Crippen LogP contribution < -0.4 is 16.0 Å². The van der Waals surface area contributed by atoms with Crippen molar-refractivity contribution >= 4 is 45.2 Å². The van der Waals surface area contributed by atoms with E-state index in [1.165, 1.54) is 0 Å². The van der Waals surface area contributed by atoms with Crippen molar-refractivity contribution in [3.8, 4) is 6.07 Å². The molecule has 0 aliphatic heterocycles.